The van der Waals surface area contributed by atoms with E-state index in [9.17, 15) is 22.8 Å². The Labute approximate surface area is 215 Å². The van der Waals surface area contributed by atoms with E-state index >= 15 is 0 Å². The molecule has 12 heteroatoms. The second-order valence-electron chi connectivity index (χ2n) is 10.5. The van der Waals surface area contributed by atoms with E-state index in [0.29, 0.717) is 19.5 Å². The molecule has 1 atom stereocenters. The average molecular weight is 539 g/mol. The summed E-state index contributed by atoms with van der Waals surface area (Å²) < 4.78 is 33.7. The second-order valence-corrected chi connectivity index (χ2v) is 11.8. The summed E-state index contributed by atoms with van der Waals surface area (Å²) in [7, 11) is 0. The molecular weight excluding hydrogens is 509 g/mol. The number of likely N-dealkylation sites (tertiary alicyclic amines) is 1. The van der Waals surface area contributed by atoms with Gasteiger partial charge in [-0.1, -0.05) is 0 Å². The Morgan fingerprint density at radius 2 is 1.89 bits per heavy atom. The summed E-state index contributed by atoms with van der Waals surface area (Å²) in [4.78, 5) is 46.6. The molecule has 1 aliphatic carbocycles. The Hall–Kier alpha value is -2.73. The number of thiophene rings is 1. The van der Waals surface area contributed by atoms with Crippen molar-refractivity contribution in [2.24, 2.45) is 5.92 Å². The van der Waals surface area contributed by atoms with Gasteiger partial charge < -0.3 is 14.9 Å². The van der Waals surface area contributed by atoms with Gasteiger partial charge in [-0.2, -0.15) is 13.2 Å². The van der Waals surface area contributed by atoms with Gasteiger partial charge in [-0.25, -0.2) is 9.78 Å². The van der Waals surface area contributed by atoms with Crippen molar-refractivity contribution in [2.45, 2.75) is 63.7 Å². The lowest BCUT2D eigenvalue weighted by Gasteiger charge is -2.29. The van der Waals surface area contributed by atoms with E-state index in [1.165, 1.54) is 30.7 Å². The van der Waals surface area contributed by atoms with Crippen LogP contribution in [0.4, 0.5) is 13.2 Å². The number of aliphatic carboxylic acids is 1. The second kappa shape index (κ2) is 9.54. The normalized spacial score (nSPS) is 23.0. The summed E-state index contributed by atoms with van der Waals surface area (Å²) in [5.74, 6) is -0.798. The standard InChI is InChI=1S/C23H28N4O2S.C2HF3O2/c1-15-2-5-19(30-15)21(29)26-9-6-18-17(13-26)20(28)27-11-8-23(22(27)24-18)7-10-25(14-23)12-16-3-4-16;3-2(4,5)1(6)7/h2,5,16H,3-4,6-14H2,1H3;(H,6,7). The van der Waals surface area contributed by atoms with Crippen molar-refractivity contribution in [3.8, 4) is 0 Å². The van der Waals surface area contributed by atoms with Crippen LogP contribution in [0.25, 0.3) is 0 Å². The van der Waals surface area contributed by atoms with E-state index in [0.717, 1.165) is 65.2 Å². The molecule has 200 valence electrons. The number of halogens is 3. The Kier molecular flexibility index (Phi) is 6.68. The number of amides is 1. The number of carbonyl (C=O) groups is 2. The summed E-state index contributed by atoms with van der Waals surface area (Å²) in [6.07, 6.45) is 0.497. The molecule has 2 aromatic rings. The largest absolute Gasteiger partial charge is 0.490 e. The number of hydrogen-bond donors (Lipinski definition) is 1. The minimum atomic E-state index is -5.08. The number of rotatable bonds is 3. The van der Waals surface area contributed by atoms with Crippen molar-refractivity contribution in [1.82, 2.24) is 19.4 Å². The zero-order chi connectivity index (χ0) is 26.5. The first-order valence-corrected chi connectivity index (χ1v) is 13.3. The van der Waals surface area contributed by atoms with Crippen molar-refractivity contribution >= 4 is 23.2 Å². The first-order chi connectivity index (χ1) is 17.5. The number of carbonyl (C=O) groups excluding carboxylic acids is 1. The van der Waals surface area contributed by atoms with E-state index in [2.05, 4.69) is 4.90 Å². The maximum absolute atomic E-state index is 13.4. The van der Waals surface area contributed by atoms with Crippen LogP contribution in [0.1, 0.15) is 57.3 Å². The Morgan fingerprint density at radius 3 is 2.51 bits per heavy atom. The van der Waals surface area contributed by atoms with Crippen LogP contribution >= 0.6 is 11.3 Å². The zero-order valence-corrected chi connectivity index (χ0v) is 21.3. The number of alkyl halides is 3. The number of fused-ring (bicyclic) bond motifs is 3. The molecule has 3 aliphatic heterocycles. The molecule has 1 unspecified atom stereocenters. The van der Waals surface area contributed by atoms with Crippen LogP contribution in [-0.2, 0) is 29.7 Å². The van der Waals surface area contributed by atoms with Crippen LogP contribution in [0, 0.1) is 12.8 Å². The molecule has 0 bridgehead atoms. The topological polar surface area (TPSA) is 95.7 Å². The zero-order valence-electron chi connectivity index (χ0n) is 20.5. The van der Waals surface area contributed by atoms with E-state index in [4.69, 9.17) is 14.9 Å². The first-order valence-electron chi connectivity index (χ1n) is 12.5. The number of nitrogens with zero attached hydrogens (tertiary/aromatic N) is 4. The molecule has 2 fully saturated rings. The molecule has 4 aliphatic rings. The molecular formula is C25H29F3N4O4S. The van der Waals surface area contributed by atoms with Crippen LogP contribution in [0.5, 0.6) is 0 Å². The average Bonchev–Trinajstić information content (AvgIpc) is 3.23. The maximum atomic E-state index is 13.4. The molecule has 1 saturated carbocycles. The van der Waals surface area contributed by atoms with Gasteiger partial charge in [-0.3, -0.25) is 14.2 Å². The van der Waals surface area contributed by atoms with Gasteiger partial charge in [0.1, 0.15) is 5.82 Å². The number of aromatic nitrogens is 2. The van der Waals surface area contributed by atoms with Gasteiger partial charge in [0.2, 0.25) is 0 Å². The minimum Gasteiger partial charge on any atom is -0.475 e. The third-order valence-corrected chi connectivity index (χ3v) is 8.72. The number of carboxylic acids is 1. The highest BCUT2D eigenvalue weighted by atomic mass is 32.1. The molecule has 2 aromatic heterocycles. The molecule has 0 radical (unpaired) electrons. The number of carboxylic acid groups (broad SMARTS) is 1. The van der Waals surface area contributed by atoms with E-state index in [1.807, 2.05) is 28.5 Å². The third-order valence-electron chi connectivity index (χ3n) is 7.73. The molecule has 0 aromatic carbocycles. The lowest BCUT2D eigenvalue weighted by molar-refractivity contribution is -0.192. The van der Waals surface area contributed by atoms with Crippen LogP contribution < -0.4 is 5.56 Å². The highest BCUT2D eigenvalue weighted by molar-refractivity contribution is 7.13. The van der Waals surface area contributed by atoms with Crippen molar-refractivity contribution in [3.05, 3.63) is 49.3 Å². The fourth-order valence-electron chi connectivity index (χ4n) is 5.61. The first kappa shape index (κ1) is 25.9. The van der Waals surface area contributed by atoms with Crippen molar-refractivity contribution in [2.75, 3.05) is 26.2 Å². The summed E-state index contributed by atoms with van der Waals surface area (Å²) in [6.45, 7) is 7.21. The summed E-state index contributed by atoms with van der Waals surface area (Å²) in [5, 5.41) is 7.12. The van der Waals surface area contributed by atoms with Gasteiger partial charge in [0.05, 0.1) is 22.7 Å². The Balaban J connectivity index is 0.000000355. The van der Waals surface area contributed by atoms with E-state index in [1.54, 1.807) is 0 Å². The highest BCUT2D eigenvalue weighted by Gasteiger charge is 2.48. The quantitative estimate of drug-likeness (QED) is 0.645. The minimum absolute atomic E-state index is 0.0339. The van der Waals surface area contributed by atoms with Gasteiger partial charge in [0.15, 0.2) is 0 Å². The van der Waals surface area contributed by atoms with Crippen molar-refractivity contribution < 1.29 is 27.9 Å². The smallest absolute Gasteiger partial charge is 0.475 e. The predicted octanol–water partition coefficient (Wildman–Crippen LogP) is 3.20. The fraction of sp³-hybridized carbons (Fsp3) is 0.600. The van der Waals surface area contributed by atoms with Crippen LogP contribution in [0.15, 0.2) is 16.9 Å². The molecule has 1 N–H and O–H groups in total. The molecule has 8 nitrogen and oxygen atoms in total. The van der Waals surface area contributed by atoms with Gasteiger partial charge in [0, 0.05) is 42.9 Å². The summed E-state index contributed by atoms with van der Waals surface area (Å²) in [5.41, 5.74) is 1.81. The molecule has 5 heterocycles. The molecule has 1 spiro atoms. The van der Waals surface area contributed by atoms with E-state index in [-0.39, 0.29) is 16.9 Å². The van der Waals surface area contributed by atoms with Gasteiger partial charge >= 0.3 is 12.1 Å². The molecule has 37 heavy (non-hydrogen) atoms. The van der Waals surface area contributed by atoms with Crippen molar-refractivity contribution in [3.63, 3.8) is 0 Å². The Morgan fingerprint density at radius 1 is 1.19 bits per heavy atom. The van der Waals surface area contributed by atoms with Crippen LogP contribution in [0.3, 0.4) is 0 Å². The molecule has 6 rings (SSSR count). The summed E-state index contributed by atoms with van der Waals surface area (Å²) >= 11 is 1.52. The fourth-order valence-corrected chi connectivity index (χ4v) is 6.44. The maximum Gasteiger partial charge on any atom is 0.490 e. The number of aryl methyl sites for hydroxylation is 1. The van der Waals surface area contributed by atoms with Gasteiger partial charge in [-0.05, 0) is 57.2 Å². The SMILES string of the molecule is Cc1ccc(C(=O)N2CCc3nc4n(c(=O)c3C2)CCC42CCN(CC3CC3)C2)s1.O=C(O)C(F)(F)F. The van der Waals surface area contributed by atoms with Gasteiger partial charge in [-0.15, -0.1) is 11.3 Å². The van der Waals surface area contributed by atoms with Crippen molar-refractivity contribution in [1.29, 1.82) is 0 Å². The van der Waals surface area contributed by atoms with Crippen LogP contribution in [-0.4, -0.2) is 68.7 Å². The number of hydrogen-bond acceptors (Lipinski definition) is 6. The van der Waals surface area contributed by atoms with Gasteiger partial charge in [0.25, 0.3) is 11.5 Å². The monoisotopic (exact) mass is 538 g/mol. The van der Waals surface area contributed by atoms with Crippen LogP contribution in [0.2, 0.25) is 0 Å². The third kappa shape index (κ3) is 5.18. The lowest BCUT2D eigenvalue weighted by atomic mass is 9.85. The lowest BCUT2D eigenvalue weighted by Crippen LogP contribution is -2.42. The van der Waals surface area contributed by atoms with E-state index < -0.39 is 12.1 Å². The predicted molar refractivity (Wildman–Crippen MR) is 130 cm³/mol. The molecule has 1 amide bonds. The molecule has 1 saturated heterocycles. The Bertz CT molecular complexity index is 1290. The summed E-state index contributed by atoms with van der Waals surface area (Å²) in [6, 6.07) is 3.87. The highest BCUT2D eigenvalue weighted by Crippen LogP contribution is 2.43.